The van der Waals surface area contributed by atoms with Crippen LogP contribution in [-0.2, 0) is 0 Å². The van der Waals surface area contributed by atoms with E-state index in [-0.39, 0.29) is 5.91 Å². The third-order valence-corrected chi connectivity index (χ3v) is 4.59. The number of thiazole rings is 1. The molecule has 2 amide bonds. The van der Waals surface area contributed by atoms with E-state index < -0.39 is 5.91 Å². The second-order valence-electron chi connectivity index (χ2n) is 5.23. The Balaban J connectivity index is 1.71. The summed E-state index contributed by atoms with van der Waals surface area (Å²) in [5.41, 5.74) is 6.72. The van der Waals surface area contributed by atoms with Gasteiger partial charge in [0.2, 0.25) is 0 Å². The van der Waals surface area contributed by atoms with E-state index in [0.29, 0.717) is 27.0 Å². The molecular formula is C17H15N5O2S. The van der Waals surface area contributed by atoms with Crippen LogP contribution in [0.25, 0.3) is 10.8 Å². The van der Waals surface area contributed by atoms with Gasteiger partial charge in [-0.05, 0) is 31.5 Å². The van der Waals surface area contributed by atoms with Crippen LogP contribution in [0.2, 0.25) is 0 Å². The summed E-state index contributed by atoms with van der Waals surface area (Å²) in [5, 5.41) is 0.550. The number of aryl methyl sites for hydroxylation is 2. The molecular weight excluding hydrogens is 338 g/mol. The van der Waals surface area contributed by atoms with Crippen molar-refractivity contribution in [3.8, 4) is 10.8 Å². The van der Waals surface area contributed by atoms with E-state index in [1.54, 1.807) is 37.5 Å². The molecule has 2 aromatic heterocycles. The van der Waals surface area contributed by atoms with Crippen LogP contribution < -0.4 is 10.9 Å². The number of hydrogen-bond donors (Lipinski definition) is 2. The van der Waals surface area contributed by atoms with Crippen LogP contribution in [0.5, 0.6) is 0 Å². The van der Waals surface area contributed by atoms with Gasteiger partial charge in [-0.25, -0.2) is 15.0 Å². The fourth-order valence-corrected chi connectivity index (χ4v) is 3.09. The summed E-state index contributed by atoms with van der Waals surface area (Å²) in [6, 6.07) is 8.84. The van der Waals surface area contributed by atoms with Crippen molar-refractivity contribution < 1.29 is 9.59 Å². The average Bonchev–Trinajstić information content (AvgIpc) is 3.02. The van der Waals surface area contributed by atoms with Crippen LogP contribution in [0.1, 0.15) is 31.3 Å². The van der Waals surface area contributed by atoms with Gasteiger partial charge in [0, 0.05) is 18.0 Å². The molecule has 7 nitrogen and oxygen atoms in total. The lowest BCUT2D eigenvalue weighted by atomic mass is 10.1. The number of carbonyl (C=O) groups excluding carboxylic acids is 2. The Morgan fingerprint density at radius 3 is 2.36 bits per heavy atom. The lowest BCUT2D eigenvalue weighted by Crippen LogP contribution is -2.41. The van der Waals surface area contributed by atoms with E-state index in [1.807, 2.05) is 19.1 Å². The predicted octanol–water partition coefficient (Wildman–Crippen LogP) is 2.29. The Kier molecular flexibility index (Phi) is 4.80. The number of amides is 2. The number of nitrogens with one attached hydrogen (secondary N) is 2. The third-order valence-electron chi connectivity index (χ3n) is 3.44. The molecule has 0 fully saturated rings. The van der Waals surface area contributed by atoms with Crippen molar-refractivity contribution in [1.82, 2.24) is 25.8 Å². The van der Waals surface area contributed by atoms with Gasteiger partial charge in [-0.2, -0.15) is 0 Å². The molecule has 0 spiro atoms. The Morgan fingerprint density at radius 2 is 1.64 bits per heavy atom. The first-order valence-corrected chi connectivity index (χ1v) is 8.29. The van der Waals surface area contributed by atoms with Crippen LogP contribution in [-0.4, -0.2) is 26.8 Å². The van der Waals surface area contributed by atoms with Crippen molar-refractivity contribution >= 4 is 23.2 Å². The van der Waals surface area contributed by atoms with Gasteiger partial charge in [0.1, 0.15) is 4.88 Å². The Bertz CT molecular complexity index is 924. The summed E-state index contributed by atoms with van der Waals surface area (Å²) >= 11 is 1.17. The molecule has 0 saturated heterocycles. The van der Waals surface area contributed by atoms with E-state index in [9.17, 15) is 9.59 Å². The van der Waals surface area contributed by atoms with Crippen molar-refractivity contribution in [2.75, 3.05) is 0 Å². The van der Waals surface area contributed by atoms with Crippen LogP contribution >= 0.6 is 11.3 Å². The smallest absolute Gasteiger partial charge is 0.267 e. The highest BCUT2D eigenvalue weighted by Gasteiger charge is 2.18. The lowest BCUT2D eigenvalue weighted by molar-refractivity contribution is 0.0848. The zero-order chi connectivity index (χ0) is 17.8. The quantitative estimate of drug-likeness (QED) is 0.704. The monoisotopic (exact) mass is 353 g/mol. The molecule has 126 valence electrons. The first kappa shape index (κ1) is 16.7. The van der Waals surface area contributed by atoms with E-state index in [2.05, 4.69) is 25.8 Å². The second-order valence-corrected chi connectivity index (χ2v) is 6.23. The summed E-state index contributed by atoms with van der Waals surface area (Å²) in [6.07, 6.45) is 3.22. The first-order chi connectivity index (χ1) is 12.1. The second kappa shape index (κ2) is 7.18. The molecule has 0 unspecified atom stereocenters. The van der Waals surface area contributed by atoms with Gasteiger partial charge in [-0.15, -0.1) is 11.3 Å². The van der Waals surface area contributed by atoms with Crippen molar-refractivity contribution in [3.63, 3.8) is 0 Å². The fraction of sp³-hybridized carbons (Fsp3) is 0.118. The molecule has 0 bridgehead atoms. The number of aromatic nitrogens is 3. The van der Waals surface area contributed by atoms with Crippen LogP contribution in [0.15, 0.2) is 42.7 Å². The highest BCUT2D eigenvalue weighted by Crippen LogP contribution is 2.24. The number of hydrogen-bond acceptors (Lipinski definition) is 6. The molecule has 1 aromatic carbocycles. The van der Waals surface area contributed by atoms with Crippen molar-refractivity contribution in [1.29, 1.82) is 0 Å². The average molecular weight is 353 g/mol. The van der Waals surface area contributed by atoms with Gasteiger partial charge in [0.05, 0.1) is 5.69 Å². The van der Waals surface area contributed by atoms with Crippen LogP contribution in [0, 0.1) is 13.8 Å². The highest BCUT2D eigenvalue weighted by molar-refractivity contribution is 7.17. The number of hydrazine groups is 1. The van der Waals surface area contributed by atoms with E-state index in [0.717, 1.165) is 5.56 Å². The van der Waals surface area contributed by atoms with Crippen LogP contribution in [0.3, 0.4) is 0 Å². The number of benzene rings is 1. The summed E-state index contributed by atoms with van der Waals surface area (Å²) in [7, 11) is 0. The first-order valence-electron chi connectivity index (χ1n) is 7.47. The molecule has 3 aromatic rings. The van der Waals surface area contributed by atoms with Gasteiger partial charge in [0.15, 0.2) is 10.8 Å². The SMILES string of the molecule is Cc1ccccc1C(=O)NNC(=O)c1sc(-c2ncccn2)nc1C. The molecule has 0 saturated carbocycles. The molecule has 0 aliphatic carbocycles. The predicted molar refractivity (Wildman–Crippen MR) is 94.0 cm³/mol. The molecule has 2 N–H and O–H groups in total. The molecule has 25 heavy (non-hydrogen) atoms. The molecule has 0 atom stereocenters. The van der Waals surface area contributed by atoms with E-state index in [1.165, 1.54) is 11.3 Å². The molecule has 0 aliphatic heterocycles. The Hall–Kier alpha value is -3.13. The zero-order valence-corrected chi connectivity index (χ0v) is 14.4. The summed E-state index contributed by atoms with van der Waals surface area (Å²) in [4.78, 5) is 37.5. The molecule has 0 radical (unpaired) electrons. The molecule has 3 rings (SSSR count). The minimum Gasteiger partial charge on any atom is -0.267 e. The van der Waals surface area contributed by atoms with Crippen molar-refractivity contribution in [3.05, 3.63) is 64.4 Å². The third kappa shape index (κ3) is 3.69. The van der Waals surface area contributed by atoms with Crippen LogP contribution in [0.4, 0.5) is 0 Å². The van der Waals surface area contributed by atoms with Crippen molar-refractivity contribution in [2.45, 2.75) is 13.8 Å². The lowest BCUT2D eigenvalue weighted by Gasteiger charge is -2.08. The van der Waals surface area contributed by atoms with Gasteiger partial charge in [-0.1, -0.05) is 18.2 Å². The Labute approximate surface area is 148 Å². The van der Waals surface area contributed by atoms with Gasteiger partial charge >= 0.3 is 0 Å². The standard InChI is InChI=1S/C17H15N5O2S/c1-10-6-3-4-7-12(10)15(23)21-22-16(24)13-11(2)20-17(25-13)14-18-8-5-9-19-14/h3-9H,1-2H3,(H,21,23)(H,22,24). The zero-order valence-electron chi connectivity index (χ0n) is 13.6. The normalized spacial score (nSPS) is 10.3. The molecule has 0 aliphatic rings. The minimum absolute atomic E-state index is 0.375. The summed E-state index contributed by atoms with van der Waals surface area (Å²) in [5.74, 6) is -0.349. The maximum absolute atomic E-state index is 12.3. The molecule has 8 heteroatoms. The van der Waals surface area contributed by atoms with Gasteiger partial charge in [-0.3, -0.25) is 20.4 Å². The van der Waals surface area contributed by atoms with Crippen molar-refractivity contribution in [2.24, 2.45) is 0 Å². The fourth-order valence-electron chi connectivity index (χ4n) is 2.18. The largest absolute Gasteiger partial charge is 0.281 e. The topological polar surface area (TPSA) is 96.9 Å². The Morgan fingerprint density at radius 1 is 0.960 bits per heavy atom. The van der Waals surface area contributed by atoms with E-state index in [4.69, 9.17) is 0 Å². The maximum Gasteiger partial charge on any atom is 0.281 e. The highest BCUT2D eigenvalue weighted by atomic mass is 32.1. The van der Waals surface area contributed by atoms with E-state index >= 15 is 0 Å². The summed E-state index contributed by atoms with van der Waals surface area (Å²) in [6.45, 7) is 3.55. The number of carbonyl (C=O) groups is 2. The number of nitrogens with zero attached hydrogens (tertiary/aromatic N) is 3. The summed E-state index contributed by atoms with van der Waals surface area (Å²) < 4.78 is 0. The maximum atomic E-state index is 12.3. The molecule has 2 heterocycles. The number of rotatable bonds is 3. The van der Waals surface area contributed by atoms with Gasteiger partial charge < -0.3 is 0 Å². The van der Waals surface area contributed by atoms with Gasteiger partial charge in [0.25, 0.3) is 11.8 Å². The minimum atomic E-state index is -0.431.